The van der Waals surface area contributed by atoms with Gasteiger partial charge in [-0.05, 0) is 0 Å². The molecule has 5 heteroatoms. The highest BCUT2D eigenvalue weighted by atomic mass is 79.9. The molecular formula is C6H6BrN3O. The van der Waals surface area contributed by atoms with Crippen molar-refractivity contribution in [2.45, 2.75) is 0 Å². The van der Waals surface area contributed by atoms with E-state index in [9.17, 15) is 4.79 Å². The van der Waals surface area contributed by atoms with Gasteiger partial charge in [-0.1, -0.05) is 15.9 Å². The Balaban J connectivity index is 2.96. The minimum absolute atomic E-state index is 0.0981. The van der Waals surface area contributed by atoms with Gasteiger partial charge in [0.05, 0.1) is 5.33 Å². The molecule has 58 valence electrons. The van der Waals surface area contributed by atoms with E-state index in [0.717, 1.165) is 0 Å². The van der Waals surface area contributed by atoms with E-state index in [1.807, 2.05) is 0 Å². The minimum Gasteiger partial charge on any atom is -0.384 e. The van der Waals surface area contributed by atoms with Crippen LogP contribution in [0.3, 0.4) is 0 Å². The summed E-state index contributed by atoms with van der Waals surface area (Å²) in [4.78, 5) is 18.4. The van der Waals surface area contributed by atoms with Crippen molar-refractivity contribution in [3.05, 3.63) is 18.1 Å². The number of hydrogen-bond donors (Lipinski definition) is 1. The number of anilines is 1. The van der Waals surface area contributed by atoms with Crippen molar-refractivity contribution in [1.82, 2.24) is 9.97 Å². The first-order valence-corrected chi connectivity index (χ1v) is 4.03. The molecular weight excluding hydrogens is 210 g/mol. The third kappa shape index (κ3) is 1.98. The predicted molar refractivity (Wildman–Crippen MR) is 44.6 cm³/mol. The summed E-state index contributed by atoms with van der Waals surface area (Å²) in [5.74, 6) is 0.211. The number of nitrogens with two attached hydrogens (primary N) is 1. The molecule has 0 spiro atoms. The smallest absolute Gasteiger partial charge is 0.191 e. The molecule has 0 bridgehead atoms. The predicted octanol–water partition coefficient (Wildman–Crippen LogP) is 0.636. The molecule has 0 aliphatic carbocycles. The van der Waals surface area contributed by atoms with E-state index in [0.29, 0.717) is 11.5 Å². The van der Waals surface area contributed by atoms with Crippen LogP contribution in [0.25, 0.3) is 0 Å². The van der Waals surface area contributed by atoms with Crippen LogP contribution in [0.1, 0.15) is 10.5 Å². The van der Waals surface area contributed by atoms with Gasteiger partial charge in [-0.3, -0.25) is 4.79 Å². The third-order valence-corrected chi connectivity index (χ3v) is 1.60. The number of rotatable bonds is 2. The molecule has 0 saturated carbocycles. The van der Waals surface area contributed by atoms with Gasteiger partial charge in [0.25, 0.3) is 0 Å². The highest BCUT2D eigenvalue weighted by Crippen LogP contribution is 2.01. The van der Waals surface area contributed by atoms with Gasteiger partial charge < -0.3 is 5.73 Å². The van der Waals surface area contributed by atoms with E-state index in [4.69, 9.17) is 5.73 Å². The summed E-state index contributed by atoms with van der Waals surface area (Å²) < 4.78 is 0. The Bertz CT molecular complexity index is 276. The molecule has 0 atom stereocenters. The van der Waals surface area contributed by atoms with Gasteiger partial charge in [0.1, 0.15) is 17.8 Å². The van der Waals surface area contributed by atoms with Crippen LogP contribution in [0, 0.1) is 0 Å². The van der Waals surface area contributed by atoms with Crippen molar-refractivity contribution in [1.29, 1.82) is 0 Å². The fraction of sp³-hybridized carbons (Fsp3) is 0.167. The van der Waals surface area contributed by atoms with E-state index in [1.165, 1.54) is 12.4 Å². The quantitative estimate of drug-likeness (QED) is 0.581. The maximum Gasteiger partial charge on any atom is 0.191 e. The zero-order valence-electron chi connectivity index (χ0n) is 5.62. The van der Waals surface area contributed by atoms with Crippen molar-refractivity contribution in [2.75, 3.05) is 11.1 Å². The molecule has 1 aromatic rings. The van der Waals surface area contributed by atoms with Gasteiger partial charge >= 0.3 is 0 Å². The van der Waals surface area contributed by atoms with E-state index < -0.39 is 0 Å². The van der Waals surface area contributed by atoms with Crippen molar-refractivity contribution in [2.24, 2.45) is 0 Å². The lowest BCUT2D eigenvalue weighted by Gasteiger charge is -1.95. The van der Waals surface area contributed by atoms with Crippen molar-refractivity contribution < 1.29 is 4.79 Å². The van der Waals surface area contributed by atoms with E-state index in [1.54, 1.807) is 0 Å². The average molecular weight is 216 g/mol. The summed E-state index contributed by atoms with van der Waals surface area (Å²) in [6, 6.07) is 1.45. The Labute approximate surface area is 72.0 Å². The first-order chi connectivity index (χ1) is 5.24. The van der Waals surface area contributed by atoms with Crippen LogP contribution in [0.5, 0.6) is 0 Å². The SMILES string of the molecule is Nc1cc(C(=O)CBr)ncn1. The molecule has 11 heavy (non-hydrogen) atoms. The van der Waals surface area contributed by atoms with Crippen LogP contribution in [0.4, 0.5) is 5.82 Å². The highest BCUT2D eigenvalue weighted by Gasteiger charge is 2.04. The molecule has 0 unspecified atom stereocenters. The largest absolute Gasteiger partial charge is 0.384 e. The zero-order chi connectivity index (χ0) is 8.27. The number of Topliss-reactive ketones (excluding diaryl/α,β-unsaturated/α-hetero) is 1. The molecule has 4 nitrogen and oxygen atoms in total. The monoisotopic (exact) mass is 215 g/mol. The summed E-state index contributed by atoms with van der Waals surface area (Å²) in [6.07, 6.45) is 1.27. The second-order valence-corrected chi connectivity index (χ2v) is 2.45. The lowest BCUT2D eigenvalue weighted by atomic mass is 10.3. The van der Waals surface area contributed by atoms with E-state index in [-0.39, 0.29) is 11.1 Å². The summed E-state index contributed by atoms with van der Waals surface area (Å²) in [5, 5.41) is 0.253. The van der Waals surface area contributed by atoms with Gasteiger partial charge in [-0.15, -0.1) is 0 Å². The Morgan fingerprint density at radius 2 is 2.36 bits per heavy atom. The van der Waals surface area contributed by atoms with Crippen LogP contribution in [0.15, 0.2) is 12.4 Å². The van der Waals surface area contributed by atoms with Crippen LogP contribution < -0.4 is 5.73 Å². The second kappa shape index (κ2) is 3.43. The van der Waals surface area contributed by atoms with E-state index >= 15 is 0 Å². The topological polar surface area (TPSA) is 68.9 Å². The van der Waals surface area contributed by atoms with Gasteiger partial charge in [0, 0.05) is 6.07 Å². The van der Waals surface area contributed by atoms with Crippen molar-refractivity contribution >= 4 is 27.5 Å². The molecule has 2 N–H and O–H groups in total. The molecule has 0 amide bonds. The number of nitrogen functional groups attached to an aromatic ring is 1. The Kier molecular flexibility index (Phi) is 2.53. The minimum atomic E-state index is -0.0981. The molecule has 0 saturated heterocycles. The summed E-state index contributed by atoms with van der Waals surface area (Å²) in [6.45, 7) is 0. The van der Waals surface area contributed by atoms with Gasteiger partial charge in [0.2, 0.25) is 0 Å². The molecule has 1 heterocycles. The lowest BCUT2D eigenvalue weighted by molar-refractivity contribution is 0.101. The average Bonchev–Trinajstić information content (AvgIpc) is 2.03. The number of alkyl halides is 1. The molecule has 1 rings (SSSR count). The van der Waals surface area contributed by atoms with Crippen LogP contribution in [-0.4, -0.2) is 21.1 Å². The van der Waals surface area contributed by atoms with Gasteiger partial charge in [-0.25, -0.2) is 9.97 Å². The molecule has 0 radical (unpaired) electrons. The van der Waals surface area contributed by atoms with Crippen molar-refractivity contribution in [3.63, 3.8) is 0 Å². The number of halogens is 1. The van der Waals surface area contributed by atoms with E-state index in [2.05, 4.69) is 25.9 Å². The maximum absolute atomic E-state index is 11.0. The molecule has 0 aromatic carbocycles. The fourth-order valence-corrected chi connectivity index (χ4v) is 0.881. The number of aromatic nitrogens is 2. The van der Waals surface area contributed by atoms with Gasteiger partial charge in [0.15, 0.2) is 5.78 Å². The first kappa shape index (κ1) is 8.13. The van der Waals surface area contributed by atoms with Crippen LogP contribution in [-0.2, 0) is 0 Å². The summed E-state index contributed by atoms with van der Waals surface area (Å²) in [5.41, 5.74) is 5.67. The number of hydrogen-bond acceptors (Lipinski definition) is 4. The molecule has 0 fully saturated rings. The Morgan fingerprint density at radius 3 is 2.91 bits per heavy atom. The molecule has 0 aliphatic heterocycles. The third-order valence-electron chi connectivity index (χ3n) is 1.10. The molecule has 0 aliphatic rings. The number of ketones is 1. The standard InChI is InChI=1S/C6H6BrN3O/c7-2-5(11)4-1-6(8)10-3-9-4/h1,3H,2H2,(H2,8,9,10). The number of nitrogens with zero attached hydrogens (tertiary/aromatic N) is 2. The molecule has 1 aromatic heterocycles. The Hall–Kier alpha value is -0.970. The second-order valence-electron chi connectivity index (χ2n) is 1.88. The normalized spacial score (nSPS) is 9.55. The van der Waals surface area contributed by atoms with Crippen LogP contribution in [0.2, 0.25) is 0 Å². The summed E-state index contributed by atoms with van der Waals surface area (Å²) in [7, 11) is 0. The Morgan fingerprint density at radius 1 is 1.64 bits per heavy atom. The lowest BCUT2D eigenvalue weighted by Crippen LogP contribution is -2.04. The highest BCUT2D eigenvalue weighted by molar-refractivity contribution is 9.09. The van der Waals surface area contributed by atoms with Crippen LogP contribution >= 0.6 is 15.9 Å². The van der Waals surface area contributed by atoms with Crippen molar-refractivity contribution in [3.8, 4) is 0 Å². The number of carbonyl (C=O) groups excluding carboxylic acids is 1. The maximum atomic E-state index is 11.0. The van der Waals surface area contributed by atoms with Gasteiger partial charge in [-0.2, -0.15) is 0 Å². The number of carbonyl (C=O) groups is 1. The summed E-state index contributed by atoms with van der Waals surface area (Å²) >= 11 is 3.03. The fourth-order valence-electron chi connectivity index (χ4n) is 0.593. The first-order valence-electron chi connectivity index (χ1n) is 2.90. The zero-order valence-corrected chi connectivity index (χ0v) is 7.21.